The molecule has 1 unspecified atom stereocenters. The number of nitrogens with one attached hydrogen (secondary N) is 1. The van der Waals surface area contributed by atoms with Crippen LogP contribution in [-0.2, 0) is 31.1 Å². The minimum Gasteiger partial charge on any atom is -0.326 e. The number of sulfonamides is 1. The molecule has 2 aliphatic rings. The van der Waals surface area contributed by atoms with Gasteiger partial charge in [-0.3, -0.25) is 4.79 Å². The molecule has 0 spiro atoms. The molecule has 2 aliphatic heterocycles. The lowest BCUT2D eigenvalue weighted by atomic mass is 10.0. The van der Waals surface area contributed by atoms with Gasteiger partial charge >= 0.3 is 0 Å². The predicted octanol–water partition coefficient (Wildman–Crippen LogP) is 2.26. The highest BCUT2D eigenvalue weighted by molar-refractivity contribution is 7.92. The maximum Gasteiger partial charge on any atom is 0.243 e. The molecule has 1 saturated heterocycles. The van der Waals surface area contributed by atoms with E-state index >= 15 is 0 Å². The maximum absolute atomic E-state index is 14.2. The Bertz CT molecular complexity index is 1210. The van der Waals surface area contributed by atoms with Gasteiger partial charge in [-0.25, -0.2) is 21.2 Å². The van der Waals surface area contributed by atoms with Crippen LogP contribution in [0.3, 0.4) is 0 Å². The number of hydrogen-bond donors (Lipinski definition) is 1. The van der Waals surface area contributed by atoms with E-state index in [1.807, 2.05) is 0 Å². The Morgan fingerprint density at radius 3 is 2.60 bits per heavy atom. The number of carbonyl (C=O) groups excluding carboxylic acids is 1. The molecule has 160 valence electrons. The number of carbonyl (C=O) groups is 1. The van der Waals surface area contributed by atoms with E-state index < -0.39 is 30.9 Å². The van der Waals surface area contributed by atoms with Crippen molar-refractivity contribution in [3.63, 3.8) is 0 Å². The lowest BCUT2D eigenvalue weighted by Crippen LogP contribution is -2.33. The average Bonchev–Trinajstić information content (AvgIpc) is 2.86. The Morgan fingerprint density at radius 2 is 1.83 bits per heavy atom. The number of anilines is 1. The first kappa shape index (κ1) is 21.0. The van der Waals surface area contributed by atoms with E-state index in [1.165, 1.54) is 30.3 Å². The van der Waals surface area contributed by atoms with E-state index in [0.717, 1.165) is 9.87 Å². The van der Waals surface area contributed by atoms with Crippen molar-refractivity contribution in [1.29, 1.82) is 0 Å². The zero-order chi connectivity index (χ0) is 21.5. The minimum atomic E-state index is -3.94. The summed E-state index contributed by atoms with van der Waals surface area (Å²) in [6.45, 7) is -0.224. The van der Waals surface area contributed by atoms with Gasteiger partial charge in [-0.05, 0) is 42.7 Å². The molecule has 10 heteroatoms. The summed E-state index contributed by atoms with van der Waals surface area (Å²) in [5.41, 5.74) is 1.38. The molecular weight excluding hydrogens is 431 g/mol. The number of nitrogens with zero attached hydrogens (tertiary/aromatic N) is 1. The second-order valence-electron chi connectivity index (χ2n) is 7.44. The number of halogens is 1. The van der Waals surface area contributed by atoms with E-state index in [1.54, 1.807) is 12.1 Å². The zero-order valence-corrected chi connectivity index (χ0v) is 17.7. The first-order chi connectivity index (χ1) is 14.2. The lowest BCUT2D eigenvalue weighted by Gasteiger charge is -2.22. The van der Waals surface area contributed by atoms with Gasteiger partial charge in [-0.15, -0.1) is 0 Å². The van der Waals surface area contributed by atoms with Crippen LogP contribution in [0.15, 0.2) is 47.4 Å². The van der Waals surface area contributed by atoms with Crippen LogP contribution in [0.5, 0.6) is 0 Å². The fourth-order valence-electron chi connectivity index (χ4n) is 3.92. The fourth-order valence-corrected chi connectivity index (χ4v) is 7.34. The fraction of sp³-hybridized carbons (Fsp3) is 0.350. The first-order valence-corrected chi connectivity index (χ1v) is 12.7. The quantitative estimate of drug-likeness (QED) is 0.770. The summed E-state index contributed by atoms with van der Waals surface area (Å²) < 4.78 is 67.2. The monoisotopic (exact) mass is 452 g/mol. The molecule has 7 nitrogen and oxygen atoms in total. The Morgan fingerprint density at radius 1 is 1.07 bits per heavy atom. The SMILES string of the molecule is O=C1CCc2cc(S(=O)(=O)N3CCC(c4ccccc4F)S(=O)(=O)CC3)ccc2N1. The summed E-state index contributed by atoms with van der Waals surface area (Å²) in [6.07, 6.45) is 0.695. The Kier molecular flexibility index (Phi) is 5.41. The molecule has 1 atom stereocenters. The summed E-state index contributed by atoms with van der Waals surface area (Å²) in [7, 11) is -7.66. The molecular formula is C20H21FN2O5S2. The number of fused-ring (bicyclic) bond motifs is 1. The van der Waals surface area contributed by atoms with Crippen molar-refractivity contribution in [3.8, 4) is 0 Å². The normalized spacial score (nSPS) is 22.0. The van der Waals surface area contributed by atoms with Gasteiger partial charge < -0.3 is 5.32 Å². The van der Waals surface area contributed by atoms with Gasteiger partial charge in [0.25, 0.3) is 0 Å². The summed E-state index contributed by atoms with van der Waals surface area (Å²) >= 11 is 0. The molecule has 0 aromatic heterocycles. The second kappa shape index (κ2) is 7.75. The maximum atomic E-state index is 14.2. The third kappa shape index (κ3) is 3.86. The van der Waals surface area contributed by atoms with Crippen molar-refractivity contribution in [2.45, 2.75) is 29.4 Å². The smallest absolute Gasteiger partial charge is 0.243 e. The molecule has 2 aromatic rings. The van der Waals surface area contributed by atoms with E-state index in [4.69, 9.17) is 0 Å². The Labute approximate surface area is 174 Å². The van der Waals surface area contributed by atoms with Crippen molar-refractivity contribution in [1.82, 2.24) is 4.31 Å². The zero-order valence-electron chi connectivity index (χ0n) is 16.0. The largest absolute Gasteiger partial charge is 0.326 e. The van der Waals surface area contributed by atoms with Crippen molar-refractivity contribution in [2.24, 2.45) is 0 Å². The van der Waals surface area contributed by atoms with Crippen LogP contribution in [0.1, 0.15) is 29.2 Å². The number of amides is 1. The number of rotatable bonds is 3. The van der Waals surface area contributed by atoms with E-state index in [-0.39, 0.29) is 48.1 Å². The molecule has 1 amide bonds. The molecule has 30 heavy (non-hydrogen) atoms. The Balaban J connectivity index is 1.62. The highest BCUT2D eigenvalue weighted by Crippen LogP contribution is 2.33. The molecule has 1 fully saturated rings. The number of sulfone groups is 1. The average molecular weight is 453 g/mol. The lowest BCUT2D eigenvalue weighted by molar-refractivity contribution is -0.116. The van der Waals surface area contributed by atoms with Gasteiger partial charge in [-0.2, -0.15) is 4.31 Å². The van der Waals surface area contributed by atoms with Gasteiger partial charge in [0.2, 0.25) is 15.9 Å². The number of hydrogen-bond acceptors (Lipinski definition) is 5. The van der Waals surface area contributed by atoms with E-state index in [0.29, 0.717) is 12.1 Å². The van der Waals surface area contributed by atoms with Gasteiger partial charge in [-0.1, -0.05) is 18.2 Å². The van der Waals surface area contributed by atoms with Crippen molar-refractivity contribution in [2.75, 3.05) is 24.2 Å². The summed E-state index contributed by atoms with van der Waals surface area (Å²) in [5, 5.41) is 1.62. The predicted molar refractivity (Wildman–Crippen MR) is 110 cm³/mol. The van der Waals surface area contributed by atoms with Gasteiger partial charge in [0.15, 0.2) is 9.84 Å². The van der Waals surface area contributed by atoms with E-state index in [2.05, 4.69) is 5.32 Å². The standard InChI is InChI=1S/C20H21FN2O5S2/c21-17-4-2-1-3-16(17)19-9-10-23(11-12-29(19,25)26)30(27,28)15-6-7-18-14(13-15)5-8-20(24)22-18/h1-4,6-7,13,19H,5,8-12H2,(H,22,24). The van der Waals surface area contributed by atoms with E-state index in [9.17, 15) is 26.0 Å². The summed E-state index contributed by atoms with van der Waals surface area (Å²) in [6, 6.07) is 10.2. The van der Waals surface area contributed by atoms with Gasteiger partial charge in [0.1, 0.15) is 5.82 Å². The van der Waals surface area contributed by atoms with Crippen LogP contribution in [0.2, 0.25) is 0 Å². The second-order valence-corrected chi connectivity index (χ2v) is 11.7. The summed E-state index contributed by atoms with van der Waals surface area (Å²) in [4.78, 5) is 11.6. The van der Waals surface area contributed by atoms with Gasteiger partial charge in [0, 0.05) is 30.8 Å². The van der Waals surface area contributed by atoms with Crippen LogP contribution >= 0.6 is 0 Å². The van der Waals surface area contributed by atoms with Crippen LogP contribution in [-0.4, -0.2) is 45.9 Å². The molecule has 0 aliphatic carbocycles. The molecule has 4 rings (SSSR count). The molecule has 1 N–H and O–H groups in total. The highest BCUT2D eigenvalue weighted by Gasteiger charge is 2.37. The third-order valence-electron chi connectivity index (χ3n) is 5.56. The molecule has 2 aromatic carbocycles. The molecule has 0 radical (unpaired) electrons. The van der Waals surface area contributed by atoms with Crippen molar-refractivity contribution < 1.29 is 26.0 Å². The van der Waals surface area contributed by atoms with Crippen molar-refractivity contribution in [3.05, 3.63) is 59.4 Å². The van der Waals surface area contributed by atoms with Crippen LogP contribution in [0.4, 0.5) is 10.1 Å². The van der Waals surface area contributed by atoms with Crippen LogP contribution < -0.4 is 5.32 Å². The minimum absolute atomic E-state index is 0.0243. The Hall–Kier alpha value is -2.30. The topological polar surface area (TPSA) is 101 Å². The first-order valence-electron chi connectivity index (χ1n) is 9.57. The summed E-state index contributed by atoms with van der Waals surface area (Å²) in [5.74, 6) is -1.11. The molecule has 2 heterocycles. The number of benzene rings is 2. The van der Waals surface area contributed by atoms with Crippen molar-refractivity contribution >= 4 is 31.5 Å². The van der Waals surface area contributed by atoms with Crippen LogP contribution in [0, 0.1) is 5.82 Å². The van der Waals surface area contributed by atoms with Gasteiger partial charge in [0.05, 0.1) is 15.9 Å². The molecule has 0 saturated carbocycles. The number of aryl methyl sites for hydroxylation is 1. The molecule has 0 bridgehead atoms. The third-order valence-corrected chi connectivity index (χ3v) is 9.56. The highest BCUT2D eigenvalue weighted by atomic mass is 32.2. The van der Waals surface area contributed by atoms with Crippen LogP contribution in [0.25, 0.3) is 0 Å².